The van der Waals surface area contributed by atoms with Crippen molar-refractivity contribution in [2.45, 2.75) is 63.7 Å². The van der Waals surface area contributed by atoms with E-state index in [-0.39, 0.29) is 11.1 Å². The zero-order chi connectivity index (χ0) is 9.69. The first-order valence-corrected chi connectivity index (χ1v) is 5.45. The molecule has 0 N–H and O–H groups in total. The third kappa shape index (κ3) is 1.08. The number of alkyl halides is 1. The highest BCUT2D eigenvalue weighted by molar-refractivity contribution is 5.12. The molecular formula is C11H20FN. The second-order valence-corrected chi connectivity index (χ2v) is 5.16. The van der Waals surface area contributed by atoms with Crippen molar-refractivity contribution >= 4 is 0 Å². The Kier molecular flexibility index (Phi) is 1.96. The predicted molar refractivity (Wildman–Crippen MR) is 52.6 cm³/mol. The van der Waals surface area contributed by atoms with Crippen LogP contribution in [0.1, 0.15) is 46.5 Å². The summed E-state index contributed by atoms with van der Waals surface area (Å²) in [4.78, 5) is 2.42. The van der Waals surface area contributed by atoms with Crippen LogP contribution in [-0.2, 0) is 0 Å². The van der Waals surface area contributed by atoms with E-state index in [0.717, 1.165) is 19.4 Å². The molecule has 0 unspecified atom stereocenters. The molecule has 0 aliphatic carbocycles. The molecule has 2 atom stereocenters. The summed E-state index contributed by atoms with van der Waals surface area (Å²) in [6.45, 7) is 7.41. The minimum Gasteiger partial charge on any atom is -0.290 e. The van der Waals surface area contributed by atoms with Crippen LogP contribution in [0.3, 0.4) is 0 Å². The molecule has 1 nitrogen and oxygen atoms in total. The molecule has 0 aromatic heterocycles. The fraction of sp³-hybridized carbons (Fsp3) is 1.00. The van der Waals surface area contributed by atoms with Crippen molar-refractivity contribution in [2.75, 3.05) is 6.54 Å². The van der Waals surface area contributed by atoms with Gasteiger partial charge >= 0.3 is 0 Å². The third-order valence-corrected chi connectivity index (χ3v) is 4.28. The van der Waals surface area contributed by atoms with Crippen molar-refractivity contribution in [3.05, 3.63) is 0 Å². The van der Waals surface area contributed by atoms with Gasteiger partial charge in [0.1, 0.15) is 6.17 Å². The lowest BCUT2D eigenvalue weighted by atomic mass is 9.90. The molecule has 2 aliphatic rings. The first kappa shape index (κ1) is 9.45. The monoisotopic (exact) mass is 185 g/mol. The number of fused-ring (bicyclic) bond motifs is 1. The lowest BCUT2D eigenvalue weighted by molar-refractivity contribution is 0.0741. The van der Waals surface area contributed by atoms with Crippen LogP contribution in [0, 0.1) is 0 Å². The summed E-state index contributed by atoms with van der Waals surface area (Å²) < 4.78 is 13.8. The minimum atomic E-state index is -0.632. The number of halogens is 1. The lowest BCUT2D eigenvalue weighted by Crippen LogP contribution is -2.48. The van der Waals surface area contributed by atoms with Crippen LogP contribution in [0.5, 0.6) is 0 Å². The highest BCUT2D eigenvalue weighted by atomic mass is 19.1. The van der Waals surface area contributed by atoms with E-state index in [1.165, 1.54) is 12.8 Å². The Hall–Kier alpha value is -0.110. The molecule has 0 bridgehead atoms. The second-order valence-electron chi connectivity index (χ2n) is 5.16. The Morgan fingerprint density at radius 2 is 2.15 bits per heavy atom. The zero-order valence-electron chi connectivity index (χ0n) is 8.94. The molecule has 0 amide bonds. The number of hydrogen-bond acceptors (Lipinski definition) is 1. The van der Waals surface area contributed by atoms with Gasteiger partial charge in [0.25, 0.3) is 0 Å². The van der Waals surface area contributed by atoms with Gasteiger partial charge in [0, 0.05) is 11.1 Å². The molecule has 2 rings (SSSR count). The standard InChI is InChI=1S/C11H20FN/c1-4-11-6-5-7-13(11)10(2,3)9(12)8-11/h9H,4-8H2,1-3H3/t9-,11+/m1/s1. The molecule has 0 saturated carbocycles. The van der Waals surface area contributed by atoms with Gasteiger partial charge in [0.05, 0.1) is 0 Å². The van der Waals surface area contributed by atoms with Crippen LogP contribution >= 0.6 is 0 Å². The quantitative estimate of drug-likeness (QED) is 0.607. The Morgan fingerprint density at radius 3 is 2.69 bits per heavy atom. The topological polar surface area (TPSA) is 3.24 Å². The normalized spacial score (nSPS) is 43.8. The maximum absolute atomic E-state index is 13.8. The molecule has 0 spiro atoms. The maximum atomic E-state index is 13.8. The van der Waals surface area contributed by atoms with Crippen molar-refractivity contribution in [3.63, 3.8) is 0 Å². The molecule has 76 valence electrons. The molecule has 2 fully saturated rings. The van der Waals surface area contributed by atoms with Gasteiger partial charge in [-0.2, -0.15) is 0 Å². The van der Waals surface area contributed by atoms with Crippen LogP contribution in [0.15, 0.2) is 0 Å². The van der Waals surface area contributed by atoms with Crippen molar-refractivity contribution < 1.29 is 4.39 Å². The predicted octanol–water partition coefficient (Wildman–Crippen LogP) is 2.75. The van der Waals surface area contributed by atoms with Crippen LogP contribution < -0.4 is 0 Å². The molecular weight excluding hydrogens is 165 g/mol. The highest BCUT2D eigenvalue weighted by Crippen LogP contribution is 2.50. The van der Waals surface area contributed by atoms with Gasteiger partial charge in [-0.1, -0.05) is 6.92 Å². The summed E-state index contributed by atoms with van der Waals surface area (Å²) in [6, 6.07) is 0. The molecule has 2 aliphatic heterocycles. The van der Waals surface area contributed by atoms with Crippen LogP contribution in [0.2, 0.25) is 0 Å². The average molecular weight is 185 g/mol. The highest BCUT2D eigenvalue weighted by Gasteiger charge is 2.57. The molecule has 13 heavy (non-hydrogen) atoms. The van der Waals surface area contributed by atoms with Gasteiger partial charge in [-0.25, -0.2) is 4.39 Å². The Bertz CT molecular complexity index is 214. The van der Waals surface area contributed by atoms with Crippen LogP contribution in [0.25, 0.3) is 0 Å². The number of nitrogens with zero attached hydrogens (tertiary/aromatic N) is 1. The summed E-state index contributed by atoms with van der Waals surface area (Å²) in [6.07, 6.45) is 3.69. The average Bonchev–Trinajstić information content (AvgIpc) is 2.55. The van der Waals surface area contributed by atoms with E-state index in [1.54, 1.807) is 0 Å². The Labute approximate surface area is 80.3 Å². The van der Waals surface area contributed by atoms with E-state index < -0.39 is 6.17 Å². The van der Waals surface area contributed by atoms with Gasteiger partial charge in [0.15, 0.2) is 0 Å². The summed E-state index contributed by atoms with van der Waals surface area (Å²) in [5.41, 5.74) is -0.00454. The molecule has 0 aromatic carbocycles. The van der Waals surface area contributed by atoms with E-state index in [0.29, 0.717) is 0 Å². The van der Waals surface area contributed by atoms with Gasteiger partial charge in [-0.05, 0) is 46.1 Å². The Morgan fingerprint density at radius 1 is 1.46 bits per heavy atom. The summed E-state index contributed by atoms with van der Waals surface area (Å²) in [5.74, 6) is 0. The third-order valence-electron chi connectivity index (χ3n) is 4.28. The second kappa shape index (κ2) is 2.69. The van der Waals surface area contributed by atoms with Crippen LogP contribution in [0.4, 0.5) is 4.39 Å². The van der Waals surface area contributed by atoms with E-state index in [1.807, 2.05) is 0 Å². The molecule has 2 heterocycles. The lowest BCUT2D eigenvalue weighted by Gasteiger charge is -2.38. The molecule has 0 radical (unpaired) electrons. The largest absolute Gasteiger partial charge is 0.290 e. The van der Waals surface area contributed by atoms with Gasteiger partial charge in [-0.3, -0.25) is 4.90 Å². The summed E-state index contributed by atoms with van der Waals surface area (Å²) in [7, 11) is 0. The molecule has 2 heteroatoms. The molecule has 0 aromatic rings. The number of hydrogen-bond donors (Lipinski definition) is 0. The smallest absolute Gasteiger partial charge is 0.120 e. The van der Waals surface area contributed by atoms with E-state index in [9.17, 15) is 4.39 Å². The van der Waals surface area contributed by atoms with Gasteiger partial charge in [-0.15, -0.1) is 0 Å². The first-order valence-electron chi connectivity index (χ1n) is 5.45. The van der Waals surface area contributed by atoms with Crippen molar-refractivity contribution in [3.8, 4) is 0 Å². The first-order chi connectivity index (χ1) is 6.03. The summed E-state index contributed by atoms with van der Waals surface area (Å²) >= 11 is 0. The number of rotatable bonds is 1. The maximum Gasteiger partial charge on any atom is 0.120 e. The van der Waals surface area contributed by atoms with Crippen molar-refractivity contribution in [2.24, 2.45) is 0 Å². The van der Waals surface area contributed by atoms with E-state index in [4.69, 9.17) is 0 Å². The SMILES string of the molecule is CC[C@@]12CCCN1C(C)(C)[C@H](F)C2. The molecule has 2 saturated heterocycles. The van der Waals surface area contributed by atoms with E-state index in [2.05, 4.69) is 25.7 Å². The fourth-order valence-corrected chi connectivity index (χ4v) is 3.31. The minimum absolute atomic E-state index is 0.211. The summed E-state index contributed by atoms with van der Waals surface area (Å²) in [5, 5.41) is 0. The van der Waals surface area contributed by atoms with Crippen molar-refractivity contribution in [1.82, 2.24) is 4.90 Å². The fourth-order valence-electron chi connectivity index (χ4n) is 3.31. The van der Waals surface area contributed by atoms with Crippen LogP contribution in [-0.4, -0.2) is 28.7 Å². The van der Waals surface area contributed by atoms with Crippen molar-refractivity contribution in [1.29, 1.82) is 0 Å². The Balaban J connectivity index is 2.31. The van der Waals surface area contributed by atoms with Gasteiger partial charge < -0.3 is 0 Å². The van der Waals surface area contributed by atoms with Gasteiger partial charge in [0.2, 0.25) is 0 Å². The zero-order valence-corrected chi connectivity index (χ0v) is 8.94. The van der Waals surface area contributed by atoms with E-state index >= 15 is 0 Å².